The van der Waals surface area contributed by atoms with Gasteiger partial charge >= 0.3 is 0 Å². The van der Waals surface area contributed by atoms with Crippen molar-refractivity contribution < 1.29 is 4.79 Å². The largest absolute Gasteiger partial charge is 0.350 e. The smallest absolute Gasteiger partial charge is 0.252 e. The Bertz CT molecular complexity index is 972. The van der Waals surface area contributed by atoms with Gasteiger partial charge in [0.25, 0.3) is 5.91 Å². The summed E-state index contributed by atoms with van der Waals surface area (Å²) in [7, 11) is 1.88. The van der Waals surface area contributed by atoms with Gasteiger partial charge in [-0.2, -0.15) is 5.10 Å². The number of fused-ring (bicyclic) bond motifs is 1. The zero-order valence-corrected chi connectivity index (χ0v) is 17.6. The monoisotopic (exact) mass is 385 g/mol. The fourth-order valence-electron chi connectivity index (χ4n) is 3.05. The number of nitrogens with one attached hydrogen (secondary N) is 2. The summed E-state index contributed by atoms with van der Waals surface area (Å²) in [5, 5.41) is 11.4. The summed E-state index contributed by atoms with van der Waals surface area (Å²) in [6.45, 7) is 10.9. The molecule has 2 N–H and O–H groups in total. The quantitative estimate of drug-likeness (QED) is 0.679. The van der Waals surface area contributed by atoms with E-state index in [4.69, 9.17) is 4.98 Å². The highest BCUT2D eigenvalue weighted by molar-refractivity contribution is 7.12. The lowest BCUT2D eigenvalue weighted by Crippen LogP contribution is -2.37. The Kier molecular flexibility index (Phi) is 5.62. The predicted molar refractivity (Wildman–Crippen MR) is 112 cm³/mol. The second-order valence-electron chi connectivity index (χ2n) is 7.20. The van der Waals surface area contributed by atoms with Gasteiger partial charge < -0.3 is 10.6 Å². The maximum atomic E-state index is 12.9. The van der Waals surface area contributed by atoms with E-state index < -0.39 is 0 Å². The molecule has 0 saturated carbocycles. The van der Waals surface area contributed by atoms with Crippen molar-refractivity contribution in [3.8, 4) is 11.3 Å². The Morgan fingerprint density at radius 2 is 2.00 bits per heavy atom. The second kappa shape index (κ2) is 7.78. The first-order chi connectivity index (χ1) is 12.8. The zero-order valence-electron chi connectivity index (χ0n) is 16.8. The van der Waals surface area contributed by atoms with Gasteiger partial charge in [-0.05, 0) is 53.8 Å². The molecule has 7 heteroatoms. The van der Waals surface area contributed by atoms with Gasteiger partial charge in [-0.15, -0.1) is 11.3 Å². The molecule has 1 atom stereocenters. The number of nitrogens with zero attached hydrogens (tertiary/aromatic N) is 3. The van der Waals surface area contributed by atoms with Gasteiger partial charge in [0.05, 0.1) is 22.8 Å². The number of thiophene rings is 1. The van der Waals surface area contributed by atoms with Crippen LogP contribution in [0.4, 0.5) is 0 Å². The first-order valence-electron chi connectivity index (χ1n) is 9.23. The van der Waals surface area contributed by atoms with E-state index in [2.05, 4.69) is 49.5 Å². The molecule has 6 nitrogen and oxygen atoms in total. The van der Waals surface area contributed by atoms with Crippen molar-refractivity contribution in [2.24, 2.45) is 0 Å². The highest BCUT2D eigenvalue weighted by atomic mass is 32.1. The maximum Gasteiger partial charge on any atom is 0.252 e. The number of aryl methyl sites for hydroxylation is 2. The zero-order chi connectivity index (χ0) is 19.7. The molecule has 0 aliphatic rings. The van der Waals surface area contributed by atoms with E-state index in [1.165, 1.54) is 9.75 Å². The van der Waals surface area contributed by atoms with E-state index in [9.17, 15) is 4.79 Å². The molecule has 1 amide bonds. The molecule has 0 aromatic carbocycles. The van der Waals surface area contributed by atoms with Crippen LogP contribution in [0.5, 0.6) is 0 Å². The number of carbonyl (C=O) groups excluding carboxylic acids is 1. The molecular formula is C20H27N5OS. The minimum atomic E-state index is -0.0985. The number of aromatic nitrogens is 3. The first-order valence-corrected chi connectivity index (χ1v) is 10.0. The van der Waals surface area contributed by atoms with Crippen LogP contribution >= 0.6 is 11.3 Å². The van der Waals surface area contributed by atoms with E-state index in [0.29, 0.717) is 12.1 Å². The lowest BCUT2D eigenvalue weighted by Gasteiger charge is -2.13. The summed E-state index contributed by atoms with van der Waals surface area (Å²) in [4.78, 5) is 20.2. The van der Waals surface area contributed by atoms with Crippen molar-refractivity contribution in [1.29, 1.82) is 0 Å². The van der Waals surface area contributed by atoms with Crippen LogP contribution in [0.3, 0.4) is 0 Å². The van der Waals surface area contributed by atoms with Crippen molar-refractivity contribution in [2.75, 3.05) is 13.6 Å². The summed E-state index contributed by atoms with van der Waals surface area (Å²) < 4.78 is 1.88. The molecule has 0 saturated heterocycles. The van der Waals surface area contributed by atoms with Gasteiger partial charge in [-0.25, -0.2) is 9.67 Å². The van der Waals surface area contributed by atoms with E-state index in [-0.39, 0.29) is 18.0 Å². The molecule has 27 heavy (non-hydrogen) atoms. The minimum absolute atomic E-state index is 0.0985. The number of hydrogen-bond donors (Lipinski definition) is 2. The Balaban J connectivity index is 2.13. The highest BCUT2D eigenvalue weighted by Crippen LogP contribution is 2.32. The number of rotatable bonds is 6. The molecule has 0 aliphatic heterocycles. The maximum absolute atomic E-state index is 12.9. The second-order valence-corrected chi connectivity index (χ2v) is 8.66. The summed E-state index contributed by atoms with van der Waals surface area (Å²) in [6, 6.07) is 4.39. The predicted octanol–water partition coefficient (Wildman–Crippen LogP) is 3.70. The molecular weight excluding hydrogens is 358 g/mol. The van der Waals surface area contributed by atoms with Gasteiger partial charge in [0.2, 0.25) is 0 Å². The standard InChI is InChI=1S/C20H27N5OS/c1-11(2)25-19-17(10-23-25)16(20(26)22-9-12(3)21-6)8-18(24-19)15-7-13(4)27-14(15)5/h7-8,10-12,21H,9H2,1-6H3,(H,22,26). The number of pyridine rings is 1. The van der Waals surface area contributed by atoms with Crippen LogP contribution in [-0.2, 0) is 0 Å². The summed E-state index contributed by atoms with van der Waals surface area (Å²) in [5.74, 6) is -0.0985. The lowest BCUT2D eigenvalue weighted by atomic mass is 10.1. The fraction of sp³-hybridized carbons (Fsp3) is 0.450. The average Bonchev–Trinajstić information content (AvgIpc) is 3.20. The van der Waals surface area contributed by atoms with Crippen LogP contribution in [-0.4, -0.2) is 40.3 Å². The van der Waals surface area contributed by atoms with Crippen LogP contribution in [0, 0.1) is 13.8 Å². The van der Waals surface area contributed by atoms with Gasteiger partial charge in [0, 0.05) is 33.9 Å². The molecule has 0 aliphatic carbocycles. The van der Waals surface area contributed by atoms with Crippen molar-refractivity contribution in [3.05, 3.63) is 33.6 Å². The lowest BCUT2D eigenvalue weighted by molar-refractivity contribution is 0.0952. The molecule has 144 valence electrons. The van der Waals surface area contributed by atoms with E-state index in [0.717, 1.165) is 22.3 Å². The van der Waals surface area contributed by atoms with Crippen molar-refractivity contribution in [3.63, 3.8) is 0 Å². The van der Waals surface area contributed by atoms with Gasteiger partial charge in [0.15, 0.2) is 5.65 Å². The molecule has 3 aromatic rings. The van der Waals surface area contributed by atoms with Crippen LogP contribution in [0.25, 0.3) is 22.3 Å². The van der Waals surface area contributed by atoms with Crippen LogP contribution < -0.4 is 10.6 Å². The molecule has 3 aromatic heterocycles. The molecule has 0 bridgehead atoms. The molecule has 3 heterocycles. The van der Waals surface area contributed by atoms with Gasteiger partial charge in [-0.3, -0.25) is 4.79 Å². The van der Waals surface area contributed by atoms with Crippen molar-refractivity contribution in [1.82, 2.24) is 25.4 Å². The van der Waals surface area contributed by atoms with Crippen LogP contribution in [0.15, 0.2) is 18.3 Å². The Labute approximate surface area is 164 Å². The van der Waals surface area contributed by atoms with E-state index in [1.807, 2.05) is 24.7 Å². The molecule has 1 unspecified atom stereocenters. The average molecular weight is 386 g/mol. The number of likely N-dealkylation sites (N-methyl/N-ethyl adjacent to an activating group) is 1. The fourth-order valence-corrected chi connectivity index (χ4v) is 3.98. The summed E-state index contributed by atoms with van der Waals surface area (Å²) >= 11 is 1.74. The third-order valence-corrected chi connectivity index (χ3v) is 5.64. The normalized spacial score (nSPS) is 12.7. The first kappa shape index (κ1) is 19.5. The van der Waals surface area contributed by atoms with E-state index in [1.54, 1.807) is 17.5 Å². The third kappa shape index (κ3) is 3.89. The topological polar surface area (TPSA) is 71.8 Å². The highest BCUT2D eigenvalue weighted by Gasteiger charge is 2.20. The third-order valence-electron chi connectivity index (χ3n) is 4.68. The van der Waals surface area contributed by atoms with Crippen molar-refractivity contribution >= 4 is 28.3 Å². The van der Waals surface area contributed by atoms with Crippen LogP contribution in [0.2, 0.25) is 0 Å². The minimum Gasteiger partial charge on any atom is -0.350 e. The SMILES string of the molecule is CNC(C)CNC(=O)c1cc(-c2cc(C)sc2C)nc2c1cnn2C(C)C. The molecule has 0 spiro atoms. The Morgan fingerprint density at radius 1 is 1.26 bits per heavy atom. The molecule has 0 fully saturated rings. The van der Waals surface area contributed by atoms with Crippen molar-refractivity contribution in [2.45, 2.75) is 46.7 Å². The van der Waals surface area contributed by atoms with Gasteiger partial charge in [0.1, 0.15) is 0 Å². The summed E-state index contributed by atoms with van der Waals surface area (Å²) in [6.07, 6.45) is 1.74. The Morgan fingerprint density at radius 3 is 2.59 bits per heavy atom. The number of amides is 1. The van der Waals surface area contributed by atoms with Gasteiger partial charge in [-0.1, -0.05) is 0 Å². The summed E-state index contributed by atoms with van der Waals surface area (Å²) in [5.41, 5.74) is 3.26. The number of hydrogen-bond acceptors (Lipinski definition) is 5. The molecule has 3 rings (SSSR count). The Hall–Kier alpha value is -2.25. The number of carbonyl (C=O) groups is 1. The molecule has 0 radical (unpaired) electrons. The van der Waals surface area contributed by atoms with Crippen LogP contribution in [0.1, 0.15) is 46.9 Å². The van der Waals surface area contributed by atoms with E-state index >= 15 is 0 Å².